The zero-order chi connectivity index (χ0) is 13.6. The Labute approximate surface area is 115 Å². The summed E-state index contributed by atoms with van der Waals surface area (Å²) in [6.45, 7) is 15.3. The van der Waals surface area contributed by atoms with Crippen LogP contribution in [0.1, 0.15) is 66.7 Å². The van der Waals surface area contributed by atoms with Crippen LogP contribution in [0.4, 0.5) is 0 Å². The van der Waals surface area contributed by atoms with Crippen molar-refractivity contribution in [3.63, 3.8) is 0 Å². The third-order valence-electron chi connectivity index (χ3n) is 5.42. The number of hydrogen-bond donors (Lipinski definition) is 1. The highest BCUT2D eigenvalue weighted by molar-refractivity contribution is 4.88. The molecular formula is C16H34N2. The summed E-state index contributed by atoms with van der Waals surface area (Å²) >= 11 is 0. The maximum Gasteiger partial charge on any atom is 0.0220 e. The maximum atomic E-state index is 3.64. The van der Waals surface area contributed by atoms with Crippen LogP contribution in [0.3, 0.4) is 0 Å². The van der Waals surface area contributed by atoms with Gasteiger partial charge in [-0.25, -0.2) is 0 Å². The third-order valence-corrected chi connectivity index (χ3v) is 5.42. The first-order valence-corrected chi connectivity index (χ1v) is 8.09. The van der Waals surface area contributed by atoms with Crippen LogP contribution in [-0.4, -0.2) is 36.6 Å². The second-order valence-corrected chi connectivity index (χ2v) is 6.06. The fourth-order valence-electron chi connectivity index (χ4n) is 3.54. The van der Waals surface area contributed by atoms with Crippen LogP contribution >= 0.6 is 0 Å². The molecule has 0 aromatic carbocycles. The lowest BCUT2D eigenvalue weighted by molar-refractivity contribution is 0.0582. The van der Waals surface area contributed by atoms with Gasteiger partial charge in [0.15, 0.2) is 0 Å². The summed E-state index contributed by atoms with van der Waals surface area (Å²) in [5.74, 6) is 0. The van der Waals surface area contributed by atoms with Crippen molar-refractivity contribution in [3.8, 4) is 0 Å². The lowest BCUT2D eigenvalue weighted by Gasteiger charge is -2.45. The van der Waals surface area contributed by atoms with E-state index in [-0.39, 0.29) is 0 Å². The normalized spacial score (nSPS) is 23.8. The number of likely N-dealkylation sites (tertiary alicyclic amines) is 1. The molecule has 0 radical (unpaired) electrons. The van der Waals surface area contributed by atoms with Gasteiger partial charge >= 0.3 is 0 Å². The van der Waals surface area contributed by atoms with E-state index < -0.39 is 0 Å². The minimum atomic E-state index is 0.649. The van der Waals surface area contributed by atoms with Gasteiger partial charge in [-0.15, -0.1) is 0 Å². The summed E-state index contributed by atoms with van der Waals surface area (Å²) in [6.07, 6.45) is 6.74. The fraction of sp³-hybridized carbons (Fsp3) is 1.00. The zero-order valence-electron chi connectivity index (χ0n) is 13.3. The van der Waals surface area contributed by atoms with Crippen LogP contribution < -0.4 is 5.32 Å². The first-order chi connectivity index (χ1) is 8.62. The molecule has 1 fully saturated rings. The van der Waals surface area contributed by atoms with Gasteiger partial charge in [-0.1, -0.05) is 40.5 Å². The molecule has 0 bridgehead atoms. The predicted octanol–water partition coefficient (Wildman–Crippen LogP) is 3.67. The number of nitrogens with one attached hydrogen (secondary N) is 1. The molecular weight excluding hydrogens is 220 g/mol. The fourth-order valence-corrected chi connectivity index (χ4v) is 3.54. The molecule has 2 unspecified atom stereocenters. The van der Waals surface area contributed by atoms with Gasteiger partial charge in [0, 0.05) is 12.1 Å². The Morgan fingerprint density at radius 2 is 1.61 bits per heavy atom. The lowest BCUT2D eigenvalue weighted by Crippen LogP contribution is -2.52. The predicted molar refractivity (Wildman–Crippen MR) is 81.0 cm³/mol. The van der Waals surface area contributed by atoms with Crippen molar-refractivity contribution in [2.24, 2.45) is 5.41 Å². The highest BCUT2D eigenvalue weighted by atomic mass is 15.2. The third kappa shape index (κ3) is 3.71. The Hall–Kier alpha value is -0.0800. The standard InChI is InChI=1S/C16H34N2/c1-6-15(17-9-4)14(5)18-12-10-16(7-2,8-3)11-13-18/h14-15,17H,6-13H2,1-5H3. The minimum Gasteiger partial charge on any atom is -0.313 e. The number of piperidine rings is 1. The van der Waals surface area contributed by atoms with Gasteiger partial charge in [0.2, 0.25) is 0 Å². The van der Waals surface area contributed by atoms with Gasteiger partial charge in [0.25, 0.3) is 0 Å². The molecule has 2 heteroatoms. The Morgan fingerprint density at radius 1 is 1.06 bits per heavy atom. The molecule has 1 heterocycles. The number of likely N-dealkylation sites (N-methyl/N-ethyl adjacent to an activating group) is 1. The van der Waals surface area contributed by atoms with E-state index in [4.69, 9.17) is 0 Å². The van der Waals surface area contributed by atoms with E-state index in [2.05, 4.69) is 44.8 Å². The molecule has 0 aromatic rings. The number of rotatable bonds is 7. The van der Waals surface area contributed by atoms with E-state index in [1.54, 1.807) is 0 Å². The molecule has 0 aromatic heterocycles. The summed E-state index contributed by atoms with van der Waals surface area (Å²) in [4.78, 5) is 2.71. The van der Waals surface area contributed by atoms with E-state index in [9.17, 15) is 0 Å². The molecule has 1 saturated heterocycles. The van der Waals surface area contributed by atoms with Crippen molar-refractivity contribution in [1.82, 2.24) is 10.2 Å². The van der Waals surface area contributed by atoms with Gasteiger partial charge in [0.05, 0.1) is 0 Å². The van der Waals surface area contributed by atoms with E-state index in [1.165, 1.54) is 45.2 Å². The topological polar surface area (TPSA) is 15.3 Å². The molecule has 1 aliphatic heterocycles. The largest absolute Gasteiger partial charge is 0.313 e. The average molecular weight is 254 g/mol. The summed E-state index contributed by atoms with van der Waals surface area (Å²) in [5, 5.41) is 3.64. The lowest BCUT2D eigenvalue weighted by atomic mass is 9.74. The molecule has 0 amide bonds. The van der Waals surface area contributed by atoms with Gasteiger partial charge in [-0.2, -0.15) is 0 Å². The summed E-state index contributed by atoms with van der Waals surface area (Å²) in [7, 11) is 0. The molecule has 0 aliphatic carbocycles. The second kappa shape index (κ2) is 7.49. The van der Waals surface area contributed by atoms with Gasteiger partial charge < -0.3 is 5.32 Å². The van der Waals surface area contributed by atoms with E-state index in [0.29, 0.717) is 17.5 Å². The molecule has 0 spiro atoms. The summed E-state index contributed by atoms with van der Waals surface area (Å²) < 4.78 is 0. The second-order valence-electron chi connectivity index (χ2n) is 6.06. The molecule has 1 rings (SSSR count). The SMILES string of the molecule is CCNC(CC)C(C)N1CCC(CC)(CC)CC1. The van der Waals surface area contributed by atoms with Crippen molar-refractivity contribution in [3.05, 3.63) is 0 Å². The minimum absolute atomic E-state index is 0.649. The Morgan fingerprint density at radius 3 is 2.00 bits per heavy atom. The van der Waals surface area contributed by atoms with Gasteiger partial charge in [0.1, 0.15) is 0 Å². The van der Waals surface area contributed by atoms with Crippen LogP contribution in [0, 0.1) is 5.41 Å². The van der Waals surface area contributed by atoms with Crippen molar-refractivity contribution in [1.29, 1.82) is 0 Å². The summed E-state index contributed by atoms with van der Waals surface area (Å²) in [5.41, 5.74) is 0.649. The highest BCUT2D eigenvalue weighted by Gasteiger charge is 2.33. The quantitative estimate of drug-likeness (QED) is 0.746. The van der Waals surface area contributed by atoms with Crippen molar-refractivity contribution in [2.75, 3.05) is 19.6 Å². The van der Waals surface area contributed by atoms with Crippen LogP contribution in [0.15, 0.2) is 0 Å². The summed E-state index contributed by atoms with van der Waals surface area (Å²) in [6, 6.07) is 1.34. The zero-order valence-corrected chi connectivity index (χ0v) is 13.3. The molecule has 18 heavy (non-hydrogen) atoms. The highest BCUT2D eigenvalue weighted by Crippen LogP contribution is 2.38. The number of nitrogens with zero attached hydrogens (tertiary/aromatic N) is 1. The van der Waals surface area contributed by atoms with E-state index >= 15 is 0 Å². The van der Waals surface area contributed by atoms with E-state index in [0.717, 1.165) is 6.54 Å². The van der Waals surface area contributed by atoms with Crippen LogP contribution in [0.2, 0.25) is 0 Å². The molecule has 1 N–H and O–H groups in total. The van der Waals surface area contributed by atoms with Crippen molar-refractivity contribution < 1.29 is 0 Å². The van der Waals surface area contributed by atoms with Gasteiger partial charge in [-0.05, 0) is 51.2 Å². The maximum absolute atomic E-state index is 3.64. The first kappa shape index (κ1) is 16.0. The molecule has 2 nitrogen and oxygen atoms in total. The molecule has 2 atom stereocenters. The van der Waals surface area contributed by atoms with Gasteiger partial charge in [-0.3, -0.25) is 4.90 Å². The Bertz CT molecular complexity index is 213. The Balaban J connectivity index is 2.51. The Kier molecular flexibility index (Phi) is 6.65. The van der Waals surface area contributed by atoms with Crippen LogP contribution in [0.5, 0.6) is 0 Å². The smallest absolute Gasteiger partial charge is 0.0220 e. The first-order valence-electron chi connectivity index (χ1n) is 8.09. The van der Waals surface area contributed by atoms with Crippen LogP contribution in [-0.2, 0) is 0 Å². The van der Waals surface area contributed by atoms with Crippen molar-refractivity contribution in [2.45, 2.75) is 78.8 Å². The van der Waals surface area contributed by atoms with E-state index in [1.807, 2.05) is 0 Å². The monoisotopic (exact) mass is 254 g/mol. The molecule has 108 valence electrons. The average Bonchev–Trinajstić information content (AvgIpc) is 2.44. The van der Waals surface area contributed by atoms with Crippen molar-refractivity contribution >= 4 is 0 Å². The van der Waals surface area contributed by atoms with Crippen LogP contribution in [0.25, 0.3) is 0 Å². The molecule has 0 saturated carbocycles. The molecule has 1 aliphatic rings. The number of hydrogen-bond acceptors (Lipinski definition) is 2.